The van der Waals surface area contributed by atoms with Crippen LogP contribution in [0.4, 0.5) is 0 Å². The number of hydrogen-bond acceptors (Lipinski definition) is 3. The molecule has 1 aromatic rings. The van der Waals surface area contributed by atoms with Gasteiger partial charge in [-0.1, -0.05) is 116 Å². The molecule has 0 N–H and O–H groups in total. The molecule has 0 aliphatic carbocycles. The van der Waals surface area contributed by atoms with Crippen LogP contribution in [0.5, 0.6) is 0 Å². The van der Waals surface area contributed by atoms with Crippen LogP contribution in [0.2, 0.25) is 0 Å². The highest BCUT2D eigenvalue weighted by Crippen LogP contribution is 2.13. The topological polar surface area (TPSA) is 31.6 Å². The zero-order valence-electron chi connectivity index (χ0n) is 23.4. The molecular weight excluding hydrogens is 434 g/mol. The lowest BCUT2D eigenvalue weighted by atomic mass is 10.0. The summed E-state index contributed by atoms with van der Waals surface area (Å²) in [7, 11) is 0. The van der Waals surface area contributed by atoms with Gasteiger partial charge < -0.3 is 14.2 Å². The van der Waals surface area contributed by atoms with Gasteiger partial charge in [-0.3, -0.25) is 0 Å². The van der Waals surface area contributed by atoms with Gasteiger partial charge in [0.15, 0.2) is 12.4 Å². The lowest BCUT2D eigenvalue weighted by molar-refractivity contribution is -0.763. The summed E-state index contributed by atoms with van der Waals surface area (Å²) >= 11 is 0. The van der Waals surface area contributed by atoms with Crippen LogP contribution in [0, 0.1) is 0 Å². The quantitative estimate of drug-likeness (QED) is 0.0910. The maximum atomic E-state index is 6.01. The van der Waals surface area contributed by atoms with Crippen LogP contribution in [0.15, 0.2) is 30.6 Å². The molecule has 204 valence electrons. The molecule has 0 fully saturated rings. The summed E-state index contributed by atoms with van der Waals surface area (Å²) in [4.78, 5) is 0. The molecule has 35 heavy (non-hydrogen) atoms. The van der Waals surface area contributed by atoms with Crippen LogP contribution in [0.3, 0.4) is 0 Å². The van der Waals surface area contributed by atoms with Crippen LogP contribution in [0.25, 0.3) is 0 Å². The number of nitrogens with zero attached hydrogens (tertiary/aromatic N) is 1. The number of hydrogen-bond donors (Lipinski definition) is 0. The molecule has 1 atom stereocenters. The zero-order valence-corrected chi connectivity index (χ0v) is 23.4. The summed E-state index contributed by atoms with van der Waals surface area (Å²) in [5.74, 6) is 0. The number of ether oxygens (including phenoxy) is 3. The van der Waals surface area contributed by atoms with Gasteiger partial charge >= 0.3 is 0 Å². The van der Waals surface area contributed by atoms with E-state index in [0.717, 1.165) is 19.4 Å². The van der Waals surface area contributed by atoms with E-state index in [0.29, 0.717) is 26.4 Å². The van der Waals surface area contributed by atoms with Crippen molar-refractivity contribution in [1.29, 1.82) is 0 Å². The summed E-state index contributed by atoms with van der Waals surface area (Å²) in [6.07, 6.45) is 28.8. The van der Waals surface area contributed by atoms with Crippen molar-refractivity contribution in [2.45, 2.75) is 136 Å². The van der Waals surface area contributed by atoms with Gasteiger partial charge in [0.1, 0.15) is 0 Å². The molecule has 0 saturated carbocycles. The van der Waals surface area contributed by atoms with Gasteiger partial charge in [-0.15, -0.1) is 0 Å². The molecule has 0 aliphatic rings. The molecule has 0 amide bonds. The highest BCUT2D eigenvalue weighted by atomic mass is 16.5. The maximum Gasteiger partial charge on any atom is 0.262 e. The van der Waals surface area contributed by atoms with Crippen LogP contribution in [-0.2, 0) is 14.2 Å². The Balaban J connectivity index is 1.75. The molecule has 4 heteroatoms. The monoisotopic (exact) mass is 492 g/mol. The minimum atomic E-state index is 0.0935. The van der Waals surface area contributed by atoms with Gasteiger partial charge in [0, 0.05) is 25.2 Å². The van der Waals surface area contributed by atoms with Gasteiger partial charge in [0.25, 0.3) is 6.23 Å². The Morgan fingerprint density at radius 3 is 1.46 bits per heavy atom. The van der Waals surface area contributed by atoms with Gasteiger partial charge in [-0.25, -0.2) is 0 Å². The normalized spacial score (nSPS) is 12.3. The first-order valence-electron chi connectivity index (χ1n) is 15.1. The molecule has 0 aliphatic heterocycles. The van der Waals surface area contributed by atoms with Gasteiger partial charge in [-0.05, 0) is 12.8 Å². The predicted molar refractivity (Wildman–Crippen MR) is 148 cm³/mol. The third kappa shape index (κ3) is 20.9. The zero-order chi connectivity index (χ0) is 25.1. The Labute approximate surface area is 218 Å². The number of aromatic nitrogens is 1. The summed E-state index contributed by atoms with van der Waals surface area (Å²) in [5.41, 5.74) is 0. The minimum absolute atomic E-state index is 0.0935. The van der Waals surface area contributed by atoms with Gasteiger partial charge in [0.2, 0.25) is 0 Å². The van der Waals surface area contributed by atoms with Crippen LogP contribution >= 0.6 is 0 Å². The minimum Gasteiger partial charge on any atom is -0.379 e. The third-order valence-corrected chi connectivity index (χ3v) is 6.66. The smallest absolute Gasteiger partial charge is 0.262 e. The van der Waals surface area contributed by atoms with Crippen molar-refractivity contribution in [2.75, 3.05) is 33.0 Å². The van der Waals surface area contributed by atoms with Crippen molar-refractivity contribution in [2.24, 2.45) is 0 Å². The van der Waals surface area contributed by atoms with E-state index >= 15 is 0 Å². The van der Waals surface area contributed by atoms with E-state index in [2.05, 4.69) is 30.8 Å². The maximum absolute atomic E-state index is 6.01. The Bertz CT molecular complexity index is 525. The second kappa shape index (κ2) is 26.1. The molecule has 1 unspecified atom stereocenters. The van der Waals surface area contributed by atoms with E-state index in [4.69, 9.17) is 14.2 Å². The summed E-state index contributed by atoms with van der Waals surface area (Å²) in [6.45, 7) is 7.92. The van der Waals surface area contributed by atoms with Crippen molar-refractivity contribution < 1.29 is 18.8 Å². The Morgan fingerprint density at radius 1 is 0.486 bits per heavy atom. The average molecular weight is 493 g/mol. The van der Waals surface area contributed by atoms with Crippen molar-refractivity contribution in [3.05, 3.63) is 30.6 Å². The molecule has 0 aromatic carbocycles. The lowest BCUT2D eigenvalue weighted by Gasteiger charge is -2.12. The SMILES string of the molecule is CCCCCCCCCCCCCCCCCCOCCOCCOC(CCC)[n+]1ccccc1. The summed E-state index contributed by atoms with van der Waals surface area (Å²) in [6, 6.07) is 6.11. The van der Waals surface area contributed by atoms with Crippen molar-refractivity contribution in [1.82, 2.24) is 0 Å². The molecule has 0 bridgehead atoms. The molecule has 0 spiro atoms. The number of pyridine rings is 1. The second-order valence-corrected chi connectivity index (χ2v) is 9.96. The lowest BCUT2D eigenvalue weighted by Crippen LogP contribution is -2.40. The summed E-state index contributed by atoms with van der Waals surface area (Å²) in [5, 5.41) is 0. The Kier molecular flexibility index (Phi) is 23.9. The van der Waals surface area contributed by atoms with Crippen LogP contribution in [0.1, 0.15) is 136 Å². The van der Waals surface area contributed by atoms with E-state index < -0.39 is 0 Å². The van der Waals surface area contributed by atoms with Gasteiger partial charge in [0.05, 0.1) is 26.4 Å². The first-order valence-corrected chi connectivity index (χ1v) is 15.1. The van der Waals surface area contributed by atoms with E-state index in [-0.39, 0.29) is 6.23 Å². The molecule has 1 rings (SSSR count). The highest BCUT2D eigenvalue weighted by Gasteiger charge is 2.16. The second-order valence-electron chi connectivity index (χ2n) is 9.96. The fraction of sp³-hybridized carbons (Fsp3) is 0.839. The van der Waals surface area contributed by atoms with Crippen molar-refractivity contribution in [3.63, 3.8) is 0 Å². The van der Waals surface area contributed by atoms with Crippen LogP contribution in [-0.4, -0.2) is 33.0 Å². The first kappa shape index (κ1) is 32.1. The van der Waals surface area contributed by atoms with Crippen LogP contribution < -0.4 is 4.57 Å². The standard InChI is InChI=1S/C31H58NO3/c1-3-5-6-7-8-9-10-11-12-13-14-15-16-17-18-22-26-33-27-28-34-29-30-35-31(23-4-2)32-24-20-19-21-25-32/h19-21,24-25,31H,3-18,22-23,26-30H2,1-2H3/q+1. The molecule has 1 aromatic heterocycles. The van der Waals surface area contributed by atoms with E-state index in [1.54, 1.807) is 0 Å². The Morgan fingerprint density at radius 2 is 0.943 bits per heavy atom. The highest BCUT2D eigenvalue weighted by molar-refractivity contribution is 4.83. The predicted octanol–water partition coefficient (Wildman–Crippen LogP) is 8.58. The van der Waals surface area contributed by atoms with Crippen molar-refractivity contribution >= 4 is 0 Å². The average Bonchev–Trinajstić information content (AvgIpc) is 2.89. The van der Waals surface area contributed by atoms with Gasteiger partial charge in [-0.2, -0.15) is 4.57 Å². The largest absolute Gasteiger partial charge is 0.379 e. The number of unbranched alkanes of at least 4 members (excludes halogenated alkanes) is 15. The molecule has 4 nitrogen and oxygen atoms in total. The molecule has 0 saturated heterocycles. The molecular formula is C31H58NO3+. The Hall–Kier alpha value is -0.970. The van der Waals surface area contributed by atoms with E-state index in [1.807, 2.05) is 18.2 Å². The van der Waals surface area contributed by atoms with E-state index in [1.165, 1.54) is 103 Å². The van der Waals surface area contributed by atoms with E-state index in [9.17, 15) is 0 Å². The third-order valence-electron chi connectivity index (χ3n) is 6.66. The number of rotatable bonds is 27. The fourth-order valence-corrected chi connectivity index (χ4v) is 4.49. The summed E-state index contributed by atoms with van der Waals surface area (Å²) < 4.78 is 19.5. The molecule has 0 radical (unpaired) electrons. The first-order chi connectivity index (χ1) is 17.4. The van der Waals surface area contributed by atoms with Crippen molar-refractivity contribution in [3.8, 4) is 0 Å². The molecule has 1 heterocycles. The fourth-order valence-electron chi connectivity index (χ4n) is 4.49.